The van der Waals surface area contributed by atoms with E-state index < -0.39 is 0 Å². The van der Waals surface area contributed by atoms with E-state index in [1.54, 1.807) is 0 Å². The van der Waals surface area contributed by atoms with Crippen LogP contribution in [0.1, 0.15) is 43.5 Å². The molecule has 1 aliphatic carbocycles. The number of hydrogen-bond donors (Lipinski definition) is 1. The van der Waals surface area contributed by atoms with Crippen molar-refractivity contribution in [1.29, 1.82) is 0 Å². The van der Waals surface area contributed by atoms with E-state index >= 15 is 0 Å². The van der Waals surface area contributed by atoms with Gasteiger partial charge in [-0.25, -0.2) is 9.97 Å². The fraction of sp³-hybridized carbons (Fsp3) is 0.714. The van der Waals surface area contributed by atoms with Crippen molar-refractivity contribution >= 4 is 11.6 Å². The van der Waals surface area contributed by atoms with Crippen molar-refractivity contribution in [1.82, 2.24) is 9.97 Å². The second-order valence-electron chi connectivity index (χ2n) is 5.67. The monoisotopic (exact) mass is 262 g/mol. The van der Waals surface area contributed by atoms with Crippen molar-refractivity contribution in [3.8, 4) is 0 Å². The molecule has 1 atom stereocenters. The second kappa shape index (κ2) is 4.96. The lowest BCUT2D eigenvalue weighted by Crippen LogP contribution is -2.32. The quantitative estimate of drug-likeness (QED) is 0.881. The van der Waals surface area contributed by atoms with Crippen LogP contribution in [0.25, 0.3) is 0 Å². The molecule has 0 spiro atoms. The van der Waals surface area contributed by atoms with E-state index in [4.69, 9.17) is 15.5 Å². The average molecular weight is 262 g/mol. The second-order valence-corrected chi connectivity index (χ2v) is 5.67. The van der Waals surface area contributed by atoms with Gasteiger partial charge in [0.1, 0.15) is 17.5 Å². The minimum Gasteiger partial charge on any atom is -0.383 e. The molecule has 0 radical (unpaired) electrons. The highest BCUT2D eigenvalue weighted by molar-refractivity contribution is 5.57. The summed E-state index contributed by atoms with van der Waals surface area (Å²) in [5.41, 5.74) is 7.06. The van der Waals surface area contributed by atoms with E-state index in [1.807, 2.05) is 6.92 Å². The van der Waals surface area contributed by atoms with Crippen LogP contribution in [-0.4, -0.2) is 35.8 Å². The van der Waals surface area contributed by atoms with Crippen LogP contribution in [0, 0.1) is 6.92 Å². The molecule has 5 heteroatoms. The third-order valence-corrected chi connectivity index (χ3v) is 3.87. The highest BCUT2D eigenvalue weighted by Crippen LogP contribution is 2.39. The van der Waals surface area contributed by atoms with Gasteiger partial charge in [-0.2, -0.15) is 0 Å². The molecule has 19 heavy (non-hydrogen) atoms. The van der Waals surface area contributed by atoms with Gasteiger partial charge >= 0.3 is 0 Å². The summed E-state index contributed by atoms with van der Waals surface area (Å²) >= 11 is 0. The number of nitrogens with two attached hydrogens (primary N) is 1. The Hall–Kier alpha value is -1.36. The summed E-state index contributed by atoms with van der Waals surface area (Å²) in [6.07, 6.45) is 3.66. The first-order valence-electron chi connectivity index (χ1n) is 7.15. The minimum absolute atomic E-state index is 0.238. The first-order chi connectivity index (χ1) is 9.15. The molecular weight excluding hydrogens is 240 g/mol. The van der Waals surface area contributed by atoms with Crippen LogP contribution in [0.3, 0.4) is 0 Å². The zero-order chi connectivity index (χ0) is 13.4. The Morgan fingerprint density at radius 2 is 2.11 bits per heavy atom. The number of hydrogen-bond acceptors (Lipinski definition) is 5. The molecule has 2 fully saturated rings. The summed E-state index contributed by atoms with van der Waals surface area (Å²) in [4.78, 5) is 11.5. The minimum atomic E-state index is 0.238. The van der Waals surface area contributed by atoms with Gasteiger partial charge in [-0.05, 0) is 33.1 Å². The third-order valence-electron chi connectivity index (χ3n) is 3.87. The van der Waals surface area contributed by atoms with Crippen LogP contribution < -0.4 is 10.6 Å². The summed E-state index contributed by atoms with van der Waals surface area (Å²) in [6.45, 7) is 6.80. The first kappa shape index (κ1) is 12.7. The standard InChI is InChI=1S/C14H22N4O/c1-9-8-18(6-3-7-19-9)14-10(2)12(15)16-13(17-14)11-4-5-11/h9,11H,3-8H2,1-2H3,(H2,15,16,17). The predicted molar refractivity (Wildman–Crippen MR) is 75.4 cm³/mol. The molecule has 1 aromatic rings. The Bertz CT molecular complexity index is 473. The number of anilines is 2. The number of nitrogen functional groups attached to an aromatic ring is 1. The van der Waals surface area contributed by atoms with Gasteiger partial charge in [0.25, 0.3) is 0 Å². The van der Waals surface area contributed by atoms with Gasteiger partial charge in [-0.3, -0.25) is 0 Å². The summed E-state index contributed by atoms with van der Waals surface area (Å²) in [7, 11) is 0. The average Bonchev–Trinajstić information content (AvgIpc) is 3.19. The summed E-state index contributed by atoms with van der Waals surface area (Å²) in [6, 6.07) is 0. The maximum absolute atomic E-state index is 6.06. The van der Waals surface area contributed by atoms with E-state index in [0.717, 1.165) is 43.3 Å². The summed E-state index contributed by atoms with van der Waals surface area (Å²) < 4.78 is 5.70. The maximum Gasteiger partial charge on any atom is 0.137 e. The number of ether oxygens (including phenoxy) is 1. The molecule has 1 aromatic heterocycles. The summed E-state index contributed by atoms with van der Waals surface area (Å²) in [5, 5.41) is 0. The molecular formula is C14H22N4O. The molecule has 0 aromatic carbocycles. The van der Waals surface area contributed by atoms with Crippen molar-refractivity contribution in [2.75, 3.05) is 30.3 Å². The lowest BCUT2D eigenvalue weighted by atomic mass is 10.2. The fourth-order valence-corrected chi connectivity index (χ4v) is 2.56. The van der Waals surface area contributed by atoms with Crippen LogP contribution >= 0.6 is 0 Å². The van der Waals surface area contributed by atoms with E-state index in [9.17, 15) is 0 Å². The van der Waals surface area contributed by atoms with Gasteiger partial charge in [-0.15, -0.1) is 0 Å². The number of rotatable bonds is 2. The largest absolute Gasteiger partial charge is 0.383 e. The molecule has 1 saturated heterocycles. The molecule has 1 unspecified atom stereocenters. The molecule has 1 saturated carbocycles. The van der Waals surface area contributed by atoms with Crippen molar-refractivity contribution in [3.63, 3.8) is 0 Å². The lowest BCUT2D eigenvalue weighted by molar-refractivity contribution is 0.0820. The lowest BCUT2D eigenvalue weighted by Gasteiger charge is -2.25. The van der Waals surface area contributed by atoms with Crippen molar-refractivity contribution in [2.45, 2.75) is 45.1 Å². The van der Waals surface area contributed by atoms with Crippen molar-refractivity contribution in [3.05, 3.63) is 11.4 Å². The van der Waals surface area contributed by atoms with E-state index in [-0.39, 0.29) is 6.10 Å². The maximum atomic E-state index is 6.06. The summed E-state index contributed by atoms with van der Waals surface area (Å²) in [5.74, 6) is 3.09. The molecule has 0 bridgehead atoms. The molecule has 2 heterocycles. The molecule has 0 amide bonds. The Morgan fingerprint density at radius 3 is 2.84 bits per heavy atom. The van der Waals surface area contributed by atoms with Crippen LogP contribution in [0.15, 0.2) is 0 Å². The number of aromatic nitrogens is 2. The van der Waals surface area contributed by atoms with Gasteiger partial charge in [0.15, 0.2) is 0 Å². The van der Waals surface area contributed by atoms with Crippen molar-refractivity contribution < 1.29 is 4.74 Å². The van der Waals surface area contributed by atoms with Crippen LogP contribution in [-0.2, 0) is 4.74 Å². The smallest absolute Gasteiger partial charge is 0.137 e. The zero-order valence-corrected chi connectivity index (χ0v) is 11.7. The van der Waals surface area contributed by atoms with E-state index in [2.05, 4.69) is 16.8 Å². The van der Waals surface area contributed by atoms with Gasteiger partial charge < -0.3 is 15.4 Å². The van der Waals surface area contributed by atoms with E-state index in [0.29, 0.717) is 11.7 Å². The third kappa shape index (κ3) is 2.66. The van der Waals surface area contributed by atoms with Crippen LogP contribution in [0.4, 0.5) is 11.6 Å². The molecule has 2 aliphatic rings. The molecule has 104 valence electrons. The van der Waals surface area contributed by atoms with Gasteiger partial charge in [0.05, 0.1) is 6.10 Å². The van der Waals surface area contributed by atoms with Crippen molar-refractivity contribution in [2.24, 2.45) is 0 Å². The molecule has 1 aliphatic heterocycles. The Morgan fingerprint density at radius 1 is 1.32 bits per heavy atom. The Kier molecular flexibility index (Phi) is 3.31. The first-order valence-corrected chi connectivity index (χ1v) is 7.15. The van der Waals surface area contributed by atoms with Gasteiger partial charge in [0.2, 0.25) is 0 Å². The molecule has 3 rings (SSSR count). The van der Waals surface area contributed by atoms with Crippen LogP contribution in [0.2, 0.25) is 0 Å². The Labute approximate surface area is 114 Å². The molecule has 2 N–H and O–H groups in total. The number of nitrogens with zero attached hydrogens (tertiary/aromatic N) is 3. The van der Waals surface area contributed by atoms with Crippen LogP contribution in [0.5, 0.6) is 0 Å². The normalized spacial score (nSPS) is 24.3. The SMILES string of the molecule is Cc1c(N)nc(C2CC2)nc1N1CCCOC(C)C1. The topological polar surface area (TPSA) is 64.3 Å². The van der Waals surface area contributed by atoms with Gasteiger partial charge in [0, 0.05) is 31.2 Å². The highest BCUT2D eigenvalue weighted by Gasteiger charge is 2.29. The highest BCUT2D eigenvalue weighted by atomic mass is 16.5. The zero-order valence-electron chi connectivity index (χ0n) is 11.7. The van der Waals surface area contributed by atoms with Gasteiger partial charge in [-0.1, -0.05) is 0 Å². The molecule has 5 nitrogen and oxygen atoms in total. The predicted octanol–water partition coefficient (Wildman–Crippen LogP) is 1.86. The Balaban J connectivity index is 1.93. The van der Waals surface area contributed by atoms with E-state index in [1.165, 1.54) is 12.8 Å². The fourth-order valence-electron chi connectivity index (χ4n) is 2.56.